The monoisotopic (exact) mass is 729 g/mol. The van der Waals surface area contributed by atoms with Gasteiger partial charge in [-0.15, -0.1) is 0 Å². The van der Waals surface area contributed by atoms with Crippen LogP contribution in [0, 0.1) is 0 Å². The molecule has 0 fully saturated rings. The van der Waals surface area contributed by atoms with Crippen molar-refractivity contribution in [1.82, 2.24) is 0 Å². The van der Waals surface area contributed by atoms with Crippen LogP contribution in [0.15, 0.2) is 148 Å². The fourth-order valence-electron chi connectivity index (χ4n) is 9.06. The van der Waals surface area contributed by atoms with Crippen LogP contribution in [0.1, 0.15) is 77.6 Å². The molecule has 0 unspecified atom stereocenters. The van der Waals surface area contributed by atoms with Gasteiger partial charge >= 0.3 is 0 Å². The van der Waals surface area contributed by atoms with Gasteiger partial charge in [0.05, 0.1) is 11.1 Å². The molecule has 0 spiro atoms. The quantitative estimate of drug-likeness (QED) is 0.181. The van der Waals surface area contributed by atoms with Crippen LogP contribution in [0.4, 0.5) is 17.1 Å². The molecule has 0 atom stereocenters. The van der Waals surface area contributed by atoms with Gasteiger partial charge in [0.15, 0.2) is 0 Å². The predicted molar refractivity (Wildman–Crippen MR) is 236 cm³/mol. The second-order valence-electron chi connectivity index (χ2n) is 18.2. The van der Waals surface area contributed by atoms with E-state index in [2.05, 4.69) is 200 Å². The first kappa shape index (κ1) is 34.4. The maximum absolute atomic E-state index is 6.95. The predicted octanol–water partition coefficient (Wildman–Crippen LogP) is 15.5. The maximum Gasteiger partial charge on any atom is 0.139 e. The van der Waals surface area contributed by atoms with Gasteiger partial charge in [-0.25, -0.2) is 0 Å². The molecule has 2 heterocycles. The highest BCUT2D eigenvalue weighted by atomic mass is 16.3. The van der Waals surface area contributed by atoms with E-state index in [1.165, 1.54) is 44.3 Å². The van der Waals surface area contributed by atoms with E-state index in [0.29, 0.717) is 0 Å². The van der Waals surface area contributed by atoms with Crippen LogP contribution in [0.2, 0.25) is 0 Å². The summed E-state index contributed by atoms with van der Waals surface area (Å²) in [4.78, 5) is 2.41. The van der Waals surface area contributed by atoms with Crippen LogP contribution >= 0.6 is 0 Å². The molecule has 9 aromatic rings. The largest absolute Gasteiger partial charge is 0.456 e. The summed E-state index contributed by atoms with van der Waals surface area (Å²) in [6, 6.07) is 50.9. The summed E-state index contributed by atoms with van der Waals surface area (Å²) >= 11 is 0. The van der Waals surface area contributed by atoms with Crippen LogP contribution < -0.4 is 4.90 Å². The highest BCUT2D eigenvalue weighted by Gasteiger charge is 2.36. The van der Waals surface area contributed by atoms with Gasteiger partial charge in [0.2, 0.25) is 0 Å². The second kappa shape index (κ2) is 12.0. The summed E-state index contributed by atoms with van der Waals surface area (Å²) in [7, 11) is 0. The summed E-state index contributed by atoms with van der Waals surface area (Å²) < 4.78 is 13.6. The van der Waals surface area contributed by atoms with Crippen molar-refractivity contribution in [3.63, 3.8) is 0 Å². The van der Waals surface area contributed by atoms with Crippen molar-refractivity contribution in [1.29, 1.82) is 0 Å². The Balaban J connectivity index is 1.24. The smallest absolute Gasteiger partial charge is 0.139 e. The van der Waals surface area contributed by atoms with Gasteiger partial charge in [-0.2, -0.15) is 0 Å². The van der Waals surface area contributed by atoms with Crippen molar-refractivity contribution in [3.05, 3.63) is 162 Å². The average Bonchev–Trinajstić information content (AvgIpc) is 3.81. The molecule has 0 bridgehead atoms. The van der Waals surface area contributed by atoms with Crippen molar-refractivity contribution in [2.75, 3.05) is 4.90 Å². The van der Waals surface area contributed by atoms with E-state index in [0.717, 1.165) is 61.1 Å². The number of anilines is 3. The van der Waals surface area contributed by atoms with Gasteiger partial charge in [-0.1, -0.05) is 134 Å². The van der Waals surface area contributed by atoms with Crippen LogP contribution in [-0.2, 0) is 16.2 Å². The zero-order chi connectivity index (χ0) is 38.7. The van der Waals surface area contributed by atoms with Gasteiger partial charge in [0.1, 0.15) is 22.3 Å². The fraction of sp³-hybridized carbons (Fsp3) is 0.208. The molecule has 3 heteroatoms. The van der Waals surface area contributed by atoms with Crippen molar-refractivity contribution in [3.8, 4) is 22.3 Å². The molecule has 0 radical (unpaired) electrons. The van der Waals surface area contributed by atoms with E-state index in [-0.39, 0.29) is 16.2 Å². The number of furan rings is 2. The molecule has 10 rings (SSSR count). The van der Waals surface area contributed by atoms with Crippen LogP contribution in [0.25, 0.3) is 66.1 Å². The van der Waals surface area contributed by atoms with E-state index >= 15 is 0 Å². The van der Waals surface area contributed by atoms with E-state index in [1.807, 2.05) is 0 Å². The first-order valence-electron chi connectivity index (χ1n) is 19.8. The van der Waals surface area contributed by atoms with Gasteiger partial charge in [-0.05, 0) is 104 Å². The van der Waals surface area contributed by atoms with Crippen molar-refractivity contribution in [2.45, 2.75) is 71.6 Å². The molecule has 1 aliphatic rings. The second-order valence-corrected chi connectivity index (χ2v) is 18.2. The van der Waals surface area contributed by atoms with Gasteiger partial charge < -0.3 is 13.7 Å². The minimum atomic E-state index is -0.149. The zero-order valence-electron chi connectivity index (χ0n) is 33.5. The van der Waals surface area contributed by atoms with Gasteiger partial charge in [-0.3, -0.25) is 0 Å². The number of hydrogen-bond acceptors (Lipinski definition) is 3. The van der Waals surface area contributed by atoms with Crippen molar-refractivity contribution in [2.24, 2.45) is 0 Å². The molecule has 0 aliphatic heterocycles. The number of rotatable bonds is 4. The standard InChI is InChI=1S/C53H47NO2/c1-51(2,3)34-28-40-39-25-23-36(31-48(39)56-50(40)44(29-34)52(4,5)6)54(35-22-24-38-37-17-12-13-18-42(37)53(7,8)43(38)30-35)45-19-14-20-47-49(45)41-27-33(21-26-46(41)55-47)32-15-10-9-11-16-32/h9-31H,1-8H3. The normalized spacial score (nSPS) is 13.9. The molecule has 0 amide bonds. The Morgan fingerprint density at radius 3 is 2.00 bits per heavy atom. The summed E-state index contributed by atoms with van der Waals surface area (Å²) in [5, 5.41) is 4.47. The van der Waals surface area contributed by atoms with E-state index in [1.54, 1.807) is 0 Å². The van der Waals surface area contributed by atoms with E-state index in [4.69, 9.17) is 8.83 Å². The van der Waals surface area contributed by atoms with Gasteiger partial charge in [0, 0.05) is 44.6 Å². The third kappa shape index (κ3) is 5.24. The molecule has 0 N–H and O–H groups in total. The zero-order valence-corrected chi connectivity index (χ0v) is 33.5. The topological polar surface area (TPSA) is 29.5 Å². The Morgan fingerprint density at radius 2 is 1.21 bits per heavy atom. The first-order chi connectivity index (χ1) is 26.8. The molecule has 276 valence electrons. The molecular formula is C53H47NO2. The maximum atomic E-state index is 6.95. The van der Waals surface area contributed by atoms with Crippen LogP contribution in [0.3, 0.4) is 0 Å². The average molecular weight is 730 g/mol. The lowest BCUT2D eigenvalue weighted by atomic mass is 9.79. The van der Waals surface area contributed by atoms with E-state index in [9.17, 15) is 0 Å². The summed E-state index contributed by atoms with van der Waals surface area (Å²) in [6.45, 7) is 18.4. The number of nitrogens with zero attached hydrogens (tertiary/aromatic N) is 1. The Labute approximate surface area is 329 Å². The summed E-state index contributed by atoms with van der Waals surface area (Å²) in [5.41, 5.74) is 16.7. The Hall–Kier alpha value is -6.06. The number of fused-ring (bicyclic) bond motifs is 9. The van der Waals surface area contributed by atoms with Crippen LogP contribution in [-0.4, -0.2) is 0 Å². The summed E-state index contributed by atoms with van der Waals surface area (Å²) in [5.74, 6) is 0. The molecule has 56 heavy (non-hydrogen) atoms. The molecular weight excluding hydrogens is 683 g/mol. The fourth-order valence-corrected chi connectivity index (χ4v) is 9.06. The molecule has 0 saturated heterocycles. The third-order valence-electron chi connectivity index (χ3n) is 12.1. The lowest BCUT2D eigenvalue weighted by Gasteiger charge is -2.28. The van der Waals surface area contributed by atoms with Crippen molar-refractivity contribution < 1.29 is 8.83 Å². The first-order valence-corrected chi connectivity index (χ1v) is 19.8. The van der Waals surface area contributed by atoms with Crippen molar-refractivity contribution >= 4 is 60.9 Å². The molecule has 2 aromatic heterocycles. The summed E-state index contributed by atoms with van der Waals surface area (Å²) in [6.07, 6.45) is 0. The molecule has 0 saturated carbocycles. The number of benzene rings is 7. The number of hydrogen-bond donors (Lipinski definition) is 0. The van der Waals surface area contributed by atoms with Gasteiger partial charge in [0.25, 0.3) is 0 Å². The third-order valence-corrected chi connectivity index (χ3v) is 12.1. The minimum absolute atomic E-state index is 0.00194. The Bertz CT molecular complexity index is 3020. The highest BCUT2D eigenvalue weighted by Crippen LogP contribution is 2.52. The lowest BCUT2D eigenvalue weighted by molar-refractivity contribution is 0.559. The molecule has 7 aromatic carbocycles. The molecule has 1 aliphatic carbocycles. The Morgan fingerprint density at radius 1 is 0.482 bits per heavy atom. The minimum Gasteiger partial charge on any atom is -0.456 e. The highest BCUT2D eigenvalue weighted by molar-refractivity contribution is 6.15. The van der Waals surface area contributed by atoms with Crippen LogP contribution in [0.5, 0.6) is 0 Å². The van der Waals surface area contributed by atoms with E-state index < -0.39 is 0 Å². The SMILES string of the molecule is CC(C)(C)c1cc(C(C)(C)C)c2oc3cc(N(c4ccc5c(c4)C(C)(C)c4ccccc4-5)c4cccc5oc6ccc(-c7ccccc7)cc6c45)ccc3c2c1. The Kier molecular flexibility index (Phi) is 7.36. The lowest BCUT2D eigenvalue weighted by Crippen LogP contribution is -2.16. The molecule has 3 nitrogen and oxygen atoms in total.